The van der Waals surface area contributed by atoms with Crippen LogP contribution in [-0.4, -0.2) is 31.1 Å². The number of rotatable bonds is 4. The third-order valence-corrected chi connectivity index (χ3v) is 5.13. The highest BCUT2D eigenvalue weighted by molar-refractivity contribution is 7.14. The van der Waals surface area contributed by atoms with Gasteiger partial charge in [0.15, 0.2) is 0 Å². The Morgan fingerprint density at radius 1 is 1.24 bits per heavy atom. The first-order chi connectivity index (χ1) is 12.2. The van der Waals surface area contributed by atoms with Crippen LogP contribution in [0.25, 0.3) is 16.3 Å². The van der Waals surface area contributed by atoms with E-state index in [2.05, 4.69) is 25.8 Å². The van der Waals surface area contributed by atoms with Crippen LogP contribution in [0, 0.1) is 6.92 Å². The van der Waals surface area contributed by atoms with Crippen LogP contribution in [-0.2, 0) is 0 Å². The van der Waals surface area contributed by atoms with E-state index >= 15 is 0 Å². The molecule has 0 aliphatic rings. The van der Waals surface area contributed by atoms with Crippen molar-refractivity contribution in [3.63, 3.8) is 0 Å². The van der Waals surface area contributed by atoms with Gasteiger partial charge in [0.25, 0.3) is 5.91 Å². The molecule has 0 fully saturated rings. The van der Waals surface area contributed by atoms with Gasteiger partial charge in [-0.1, -0.05) is 0 Å². The lowest BCUT2D eigenvalue weighted by Crippen LogP contribution is -2.12. The van der Waals surface area contributed by atoms with Gasteiger partial charge in [0.05, 0.1) is 5.69 Å². The molecule has 1 amide bonds. The number of carbonyl (C=O) groups is 1. The number of nitrogens with zero attached hydrogens (tertiary/aromatic N) is 5. The number of aryl methyl sites for hydroxylation is 1. The number of aromatic nitrogens is 5. The summed E-state index contributed by atoms with van der Waals surface area (Å²) in [6, 6.07) is 7.54. The maximum atomic E-state index is 12.4. The average molecular weight is 368 g/mol. The van der Waals surface area contributed by atoms with Crippen LogP contribution < -0.4 is 5.32 Å². The van der Waals surface area contributed by atoms with Gasteiger partial charge in [-0.15, -0.1) is 16.4 Å². The van der Waals surface area contributed by atoms with Crippen molar-refractivity contribution in [2.75, 3.05) is 5.32 Å². The predicted octanol–water partition coefficient (Wildman–Crippen LogP) is 3.41. The van der Waals surface area contributed by atoms with Crippen molar-refractivity contribution < 1.29 is 4.79 Å². The summed E-state index contributed by atoms with van der Waals surface area (Å²) in [7, 11) is 0. The number of anilines is 1. The van der Waals surface area contributed by atoms with E-state index in [1.54, 1.807) is 21.4 Å². The molecule has 3 aromatic heterocycles. The number of carbonyl (C=O) groups excluding carboxylic acids is 1. The molecule has 25 heavy (non-hydrogen) atoms. The van der Waals surface area contributed by atoms with Crippen molar-refractivity contribution in [3.8, 4) is 16.3 Å². The van der Waals surface area contributed by atoms with Crippen molar-refractivity contribution in [1.82, 2.24) is 25.2 Å². The summed E-state index contributed by atoms with van der Waals surface area (Å²) in [5.74, 6) is -0.229. The molecule has 0 aliphatic heterocycles. The van der Waals surface area contributed by atoms with Crippen LogP contribution >= 0.6 is 22.7 Å². The van der Waals surface area contributed by atoms with E-state index in [0.29, 0.717) is 11.4 Å². The summed E-state index contributed by atoms with van der Waals surface area (Å²) in [5.41, 5.74) is 3.95. The van der Waals surface area contributed by atoms with Crippen LogP contribution in [0.1, 0.15) is 16.1 Å². The van der Waals surface area contributed by atoms with Crippen LogP contribution in [0.4, 0.5) is 5.69 Å². The third kappa shape index (κ3) is 3.19. The Labute approximate surface area is 151 Å². The lowest BCUT2D eigenvalue weighted by Gasteiger charge is -2.08. The minimum absolute atomic E-state index is 0.229. The number of nitrogens with one attached hydrogen (secondary N) is 1. The van der Waals surface area contributed by atoms with Crippen molar-refractivity contribution >= 4 is 34.3 Å². The summed E-state index contributed by atoms with van der Waals surface area (Å²) in [4.78, 5) is 16.8. The van der Waals surface area contributed by atoms with Gasteiger partial charge in [-0.3, -0.25) is 4.79 Å². The summed E-state index contributed by atoms with van der Waals surface area (Å²) < 4.78 is 1.58. The Balaban J connectivity index is 1.52. The lowest BCUT2D eigenvalue weighted by molar-refractivity contribution is 0.102. The molecule has 0 atom stereocenters. The predicted molar refractivity (Wildman–Crippen MR) is 97.3 cm³/mol. The summed E-state index contributed by atoms with van der Waals surface area (Å²) >= 11 is 3.07. The third-order valence-electron chi connectivity index (χ3n) is 3.56. The Morgan fingerprint density at radius 3 is 2.88 bits per heavy atom. The van der Waals surface area contributed by atoms with Gasteiger partial charge >= 0.3 is 0 Å². The molecule has 0 aliphatic carbocycles. The SMILES string of the molecule is Cc1cc(NC(=O)c2csc(-c3ccsc3)n2)ccc1-n1cnnn1. The number of hydrogen-bond donors (Lipinski definition) is 1. The quantitative estimate of drug-likeness (QED) is 0.597. The molecule has 4 rings (SSSR count). The van der Waals surface area contributed by atoms with Gasteiger partial charge < -0.3 is 5.32 Å². The van der Waals surface area contributed by atoms with Gasteiger partial charge in [-0.05, 0) is 52.6 Å². The zero-order valence-electron chi connectivity index (χ0n) is 13.1. The maximum absolute atomic E-state index is 12.4. The van der Waals surface area contributed by atoms with E-state index in [0.717, 1.165) is 21.8 Å². The lowest BCUT2D eigenvalue weighted by atomic mass is 10.2. The second-order valence-corrected chi connectivity index (χ2v) is 6.90. The fraction of sp³-hybridized carbons (Fsp3) is 0.0625. The first-order valence-corrected chi connectivity index (χ1v) is 9.16. The monoisotopic (exact) mass is 368 g/mol. The largest absolute Gasteiger partial charge is 0.321 e. The Kier molecular flexibility index (Phi) is 4.08. The van der Waals surface area contributed by atoms with Gasteiger partial charge in [0.1, 0.15) is 17.0 Å². The molecule has 0 radical (unpaired) electrons. The smallest absolute Gasteiger partial charge is 0.275 e. The van der Waals surface area contributed by atoms with Gasteiger partial charge in [0, 0.05) is 22.0 Å². The first kappa shape index (κ1) is 15.6. The van der Waals surface area contributed by atoms with Crippen molar-refractivity contribution in [1.29, 1.82) is 0 Å². The first-order valence-electron chi connectivity index (χ1n) is 7.34. The molecule has 124 valence electrons. The molecule has 0 bridgehead atoms. The molecule has 4 aromatic rings. The molecule has 3 heterocycles. The number of tetrazole rings is 1. The maximum Gasteiger partial charge on any atom is 0.275 e. The summed E-state index contributed by atoms with van der Waals surface area (Å²) in [6.45, 7) is 1.93. The van der Waals surface area contributed by atoms with Gasteiger partial charge in [-0.2, -0.15) is 11.3 Å². The molecule has 7 nitrogen and oxygen atoms in total. The van der Waals surface area contributed by atoms with E-state index < -0.39 is 0 Å². The van der Waals surface area contributed by atoms with E-state index in [-0.39, 0.29) is 5.91 Å². The topological polar surface area (TPSA) is 85.6 Å². The highest BCUT2D eigenvalue weighted by Crippen LogP contribution is 2.26. The standard InChI is InChI=1S/C16H12N6OS2/c1-10-6-12(2-3-14(10)22-9-17-20-21-22)18-15(23)13-8-25-16(19-13)11-4-5-24-7-11/h2-9H,1H3,(H,18,23). The number of benzene rings is 1. The zero-order valence-corrected chi connectivity index (χ0v) is 14.7. The van der Waals surface area contributed by atoms with E-state index in [1.807, 2.05) is 41.9 Å². The number of hydrogen-bond acceptors (Lipinski definition) is 7. The molecule has 9 heteroatoms. The molecule has 1 aromatic carbocycles. The Bertz CT molecular complexity index is 1010. The second-order valence-electron chi connectivity index (χ2n) is 5.26. The zero-order chi connectivity index (χ0) is 17.2. The highest BCUT2D eigenvalue weighted by Gasteiger charge is 2.13. The fourth-order valence-electron chi connectivity index (χ4n) is 2.35. The Hall–Kier alpha value is -2.91. The molecule has 1 N–H and O–H groups in total. The molecule has 0 saturated carbocycles. The van der Waals surface area contributed by atoms with Gasteiger partial charge in [0.2, 0.25) is 0 Å². The van der Waals surface area contributed by atoms with Crippen molar-refractivity contribution in [2.24, 2.45) is 0 Å². The molecule has 0 unspecified atom stereocenters. The van der Waals surface area contributed by atoms with E-state index in [4.69, 9.17) is 0 Å². The minimum Gasteiger partial charge on any atom is -0.321 e. The van der Waals surface area contributed by atoms with Crippen LogP contribution in [0.3, 0.4) is 0 Å². The number of thiazole rings is 1. The second kappa shape index (κ2) is 6.54. The highest BCUT2D eigenvalue weighted by atomic mass is 32.1. The average Bonchev–Trinajstić information content (AvgIpc) is 3.35. The van der Waals surface area contributed by atoms with E-state index in [9.17, 15) is 4.79 Å². The number of thiophene rings is 1. The van der Waals surface area contributed by atoms with Gasteiger partial charge in [-0.25, -0.2) is 9.67 Å². The van der Waals surface area contributed by atoms with Crippen LogP contribution in [0.15, 0.2) is 46.7 Å². The molecule has 0 spiro atoms. The number of amides is 1. The Morgan fingerprint density at radius 2 is 2.16 bits per heavy atom. The van der Waals surface area contributed by atoms with Crippen LogP contribution in [0.2, 0.25) is 0 Å². The summed E-state index contributed by atoms with van der Waals surface area (Å²) in [5, 5.41) is 20.6. The summed E-state index contributed by atoms with van der Waals surface area (Å²) in [6.07, 6.45) is 1.53. The van der Waals surface area contributed by atoms with Crippen molar-refractivity contribution in [3.05, 3.63) is 58.0 Å². The normalized spacial score (nSPS) is 10.8. The molecule has 0 saturated heterocycles. The van der Waals surface area contributed by atoms with E-state index in [1.165, 1.54) is 17.7 Å². The van der Waals surface area contributed by atoms with Crippen molar-refractivity contribution in [2.45, 2.75) is 6.92 Å². The molecular formula is C16H12N6OS2. The minimum atomic E-state index is -0.229. The fourth-order valence-corrected chi connectivity index (χ4v) is 3.87. The van der Waals surface area contributed by atoms with Crippen LogP contribution in [0.5, 0.6) is 0 Å². The molecular weight excluding hydrogens is 356 g/mol.